The first-order valence-electron chi connectivity index (χ1n) is 5.13. The van der Waals surface area contributed by atoms with Gasteiger partial charge >= 0.3 is 0 Å². The van der Waals surface area contributed by atoms with Crippen LogP contribution in [0.15, 0.2) is 18.2 Å². The molecule has 0 amide bonds. The molecule has 0 fully saturated rings. The maximum absolute atomic E-state index is 14.1. The van der Waals surface area contributed by atoms with Gasteiger partial charge in [0.05, 0.1) is 0 Å². The van der Waals surface area contributed by atoms with E-state index in [1.54, 1.807) is 20.0 Å². The first kappa shape index (κ1) is 12.5. The Bertz CT molecular complexity index is 336. The highest BCUT2D eigenvalue weighted by Crippen LogP contribution is 2.28. The Labute approximate surface area is 95.6 Å². The number of rotatable bonds is 4. The van der Waals surface area contributed by atoms with Gasteiger partial charge in [-0.15, -0.1) is 0 Å². The van der Waals surface area contributed by atoms with E-state index in [4.69, 9.17) is 11.6 Å². The van der Waals surface area contributed by atoms with E-state index in [0.717, 1.165) is 12.0 Å². The Hall–Kier alpha value is -0.600. The fraction of sp³-hybridized carbons (Fsp3) is 0.500. The molecule has 0 aliphatic heterocycles. The molecule has 0 aliphatic rings. The van der Waals surface area contributed by atoms with Gasteiger partial charge in [-0.2, -0.15) is 0 Å². The smallest absolute Gasteiger partial charge is 0.145 e. The summed E-state index contributed by atoms with van der Waals surface area (Å²) < 4.78 is 14.1. The van der Waals surface area contributed by atoms with Crippen molar-refractivity contribution < 1.29 is 4.39 Å². The molecule has 1 atom stereocenters. The predicted octanol–water partition coefficient (Wildman–Crippen LogP) is 3.31. The zero-order valence-electron chi connectivity index (χ0n) is 9.40. The molecule has 0 aliphatic carbocycles. The molecule has 15 heavy (non-hydrogen) atoms. The second kappa shape index (κ2) is 4.95. The van der Waals surface area contributed by atoms with E-state index in [9.17, 15) is 4.39 Å². The van der Waals surface area contributed by atoms with Crippen LogP contribution in [0.4, 0.5) is 4.39 Å². The molecule has 1 rings (SSSR count). The zero-order chi connectivity index (χ0) is 11.5. The molecule has 0 bridgehead atoms. The number of hydrogen-bond acceptors (Lipinski definition) is 1. The standard InChI is InChI=1S/C12H17ClFN/c1-4-9-5-6-10(7-11(9)13)12(2,14)8-15-3/h5-7,15H,4,8H2,1-3H3. The number of aryl methyl sites for hydroxylation is 1. The van der Waals surface area contributed by atoms with Gasteiger partial charge in [0.15, 0.2) is 0 Å². The molecule has 0 spiro atoms. The van der Waals surface area contributed by atoms with Crippen molar-refractivity contribution in [1.29, 1.82) is 0 Å². The van der Waals surface area contributed by atoms with E-state index in [1.165, 1.54) is 0 Å². The molecule has 84 valence electrons. The zero-order valence-corrected chi connectivity index (χ0v) is 10.2. The van der Waals surface area contributed by atoms with Crippen molar-refractivity contribution in [2.75, 3.05) is 13.6 Å². The number of halogens is 2. The summed E-state index contributed by atoms with van der Waals surface area (Å²) in [6, 6.07) is 5.42. The lowest BCUT2D eigenvalue weighted by Gasteiger charge is -2.21. The van der Waals surface area contributed by atoms with Crippen LogP contribution in [0.1, 0.15) is 25.0 Å². The molecule has 0 saturated heterocycles. The minimum Gasteiger partial charge on any atom is -0.316 e. The molecule has 0 radical (unpaired) electrons. The van der Waals surface area contributed by atoms with Gasteiger partial charge in [0.25, 0.3) is 0 Å². The predicted molar refractivity (Wildman–Crippen MR) is 63.2 cm³/mol. The number of alkyl halides is 1. The molecule has 1 N–H and O–H groups in total. The van der Waals surface area contributed by atoms with Crippen molar-refractivity contribution in [3.05, 3.63) is 34.3 Å². The third-order valence-electron chi connectivity index (χ3n) is 2.54. The van der Waals surface area contributed by atoms with Crippen molar-refractivity contribution in [3.8, 4) is 0 Å². The van der Waals surface area contributed by atoms with Crippen LogP contribution < -0.4 is 5.32 Å². The quantitative estimate of drug-likeness (QED) is 0.836. The minimum atomic E-state index is -1.37. The van der Waals surface area contributed by atoms with Crippen LogP contribution in [-0.4, -0.2) is 13.6 Å². The van der Waals surface area contributed by atoms with E-state index in [1.807, 2.05) is 19.1 Å². The summed E-state index contributed by atoms with van der Waals surface area (Å²) in [5.74, 6) is 0. The summed E-state index contributed by atoms with van der Waals surface area (Å²) in [6.07, 6.45) is 0.869. The third kappa shape index (κ3) is 2.93. The van der Waals surface area contributed by atoms with Crippen LogP contribution >= 0.6 is 11.6 Å². The third-order valence-corrected chi connectivity index (χ3v) is 2.90. The van der Waals surface area contributed by atoms with Gasteiger partial charge in [-0.1, -0.05) is 30.7 Å². The fourth-order valence-electron chi connectivity index (χ4n) is 1.59. The molecule has 1 aromatic rings. The number of likely N-dealkylation sites (N-methyl/N-ethyl adjacent to an activating group) is 1. The van der Waals surface area contributed by atoms with E-state index in [2.05, 4.69) is 5.32 Å². The second-order valence-electron chi connectivity index (χ2n) is 3.89. The molecule has 1 aromatic carbocycles. The fourth-order valence-corrected chi connectivity index (χ4v) is 1.91. The van der Waals surface area contributed by atoms with Gasteiger partial charge in [-0.05, 0) is 37.6 Å². The monoisotopic (exact) mass is 229 g/mol. The minimum absolute atomic E-state index is 0.287. The maximum Gasteiger partial charge on any atom is 0.145 e. The maximum atomic E-state index is 14.1. The first-order valence-corrected chi connectivity index (χ1v) is 5.51. The van der Waals surface area contributed by atoms with Crippen molar-refractivity contribution in [3.63, 3.8) is 0 Å². The van der Waals surface area contributed by atoms with Gasteiger partial charge in [0, 0.05) is 11.6 Å². The molecule has 1 unspecified atom stereocenters. The van der Waals surface area contributed by atoms with E-state index >= 15 is 0 Å². The molecule has 0 aromatic heterocycles. The molecule has 1 nitrogen and oxygen atoms in total. The first-order chi connectivity index (χ1) is 7.01. The average Bonchev–Trinajstić information content (AvgIpc) is 2.17. The van der Waals surface area contributed by atoms with Crippen molar-refractivity contribution >= 4 is 11.6 Å². The summed E-state index contributed by atoms with van der Waals surface area (Å²) in [6.45, 7) is 3.87. The lowest BCUT2D eigenvalue weighted by Crippen LogP contribution is -2.29. The molecule has 0 saturated carbocycles. The van der Waals surface area contributed by atoms with Crippen LogP contribution in [-0.2, 0) is 12.1 Å². The number of hydrogen-bond donors (Lipinski definition) is 1. The summed E-state index contributed by atoms with van der Waals surface area (Å²) in [5.41, 5.74) is 0.310. The highest BCUT2D eigenvalue weighted by molar-refractivity contribution is 6.31. The van der Waals surface area contributed by atoms with Gasteiger partial charge in [-0.3, -0.25) is 0 Å². The van der Waals surface area contributed by atoms with Crippen LogP contribution in [0.5, 0.6) is 0 Å². The van der Waals surface area contributed by atoms with Gasteiger partial charge < -0.3 is 5.32 Å². The lowest BCUT2D eigenvalue weighted by atomic mass is 9.96. The van der Waals surface area contributed by atoms with Crippen LogP contribution in [0, 0.1) is 0 Å². The Morgan fingerprint density at radius 3 is 2.60 bits per heavy atom. The van der Waals surface area contributed by atoms with Crippen molar-refractivity contribution in [2.24, 2.45) is 0 Å². The van der Waals surface area contributed by atoms with Gasteiger partial charge in [0.1, 0.15) is 5.67 Å². The Morgan fingerprint density at radius 2 is 2.13 bits per heavy atom. The largest absolute Gasteiger partial charge is 0.316 e. The second-order valence-corrected chi connectivity index (χ2v) is 4.29. The summed E-state index contributed by atoms with van der Waals surface area (Å²) in [4.78, 5) is 0. The summed E-state index contributed by atoms with van der Waals surface area (Å²) in [5, 5.41) is 3.48. The van der Waals surface area contributed by atoms with Crippen molar-refractivity contribution in [2.45, 2.75) is 25.9 Å². The van der Waals surface area contributed by atoms with Crippen molar-refractivity contribution in [1.82, 2.24) is 5.32 Å². The summed E-state index contributed by atoms with van der Waals surface area (Å²) >= 11 is 6.05. The topological polar surface area (TPSA) is 12.0 Å². The lowest BCUT2D eigenvalue weighted by molar-refractivity contribution is 0.191. The van der Waals surface area contributed by atoms with E-state index in [-0.39, 0.29) is 6.54 Å². The van der Waals surface area contributed by atoms with E-state index in [0.29, 0.717) is 10.6 Å². The highest BCUT2D eigenvalue weighted by Gasteiger charge is 2.25. The number of nitrogens with one attached hydrogen (secondary N) is 1. The van der Waals surface area contributed by atoms with E-state index < -0.39 is 5.67 Å². The molecular weight excluding hydrogens is 213 g/mol. The van der Waals surface area contributed by atoms with Gasteiger partial charge in [0.2, 0.25) is 0 Å². The van der Waals surface area contributed by atoms with Crippen LogP contribution in [0.2, 0.25) is 5.02 Å². The molecule has 0 heterocycles. The Morgan fingerprint density at radius 1 is 1.47 bits per heavy atom. The summed E-state index contributed by atoms with van der Waals surface area (Å²) in [7, 11) is 1.74. The Kier molecular flexibility index (Phi) is 4.12. The van der Waals surface area contributed by atoms with Crippen LogP contribution in [0.25, 0.3) is 0 Å². The Balaban J connectivity index is 3.01. The molecular formula is C12H17ClFN. The highest BCUT2D eigenvalue weighted by atomic mass is 35.5. The average molecular weight is 230 g/mol. The van der Waals surface area contributed by atoms with Crippen LogP contribution in [0.3, 0.4) is 0 Å². The SMILES string of the molecule is CCc1ccc(C(C)(F)CNC)cc1Cl. The number of benzene rings is 1. The van der Waals surface area contributed by atoms with Gasteiger partial charge in [-0.25, -0.2) is 4.39 Å². The normalized spacial score (nSPS) is 15.0. The molecule has 3 heteroatoms.